The SMILES string of the molecule is Cc1cc(Br)c(NC(C)C)c(Br)c1. The van der Waals surface area contributed by atoms with Crippen LogP contribution in [0.1, 0.15) is 19.4 Å². The molecule has 1 rings (SSSR count). The number of hydrogen-bond donors (Lipinski definition) is 1. The predicted molar refractivity (Wildman–Crippen MR) is 65.3 cm³/mol. The molecular weight excluding hydrogens is 294 g/mol. The highest BCUT2D eigenvalue weighted by atomic mass is 79.9. The Balaban J connectivity index is 3.06. The Morgan fingerprint density at radius 1 is 1.15 bits per heavy atom. The molecule has 0 aliphatic rings. The van der Waals surface area contributed by atoms with Gasteiger partial charge in [0.1, 0.15) is 0 Å². The summed E-state index contributed by atoms with van der Waals surface area (Å²) in [5.74, 6) is 0. The van der Waals surface area contributed by atoms with Crippen molar-refractivity contribution in [3.63, 3.8) is 0 Å². The van der Waals surface area contributed by atoms with Crippen molar-refractivity contribution in [3.05, 3.63) is 26.6 Å². The van der Waals surface area contributed by atoms with E-state index in [4.69, 9.17) is 0 Å². The van der Waals surface area contributed by atoms with E-state index < -0.39 is 0 Å². The minimum absolute atomic E-state index is 0.440. The Labute approximate surface area is 96.2 Å². The number of benzene rings is 1. The van der Waals surface area contributed by atoms with Crippen molar-refractivity contribution in [1.82, 2.24) is 0 Å². The Bertz CT molecular complexity index is 285. The summed E-state index contributed by atoms with van der Waals surface area (Å²) >= 11 is 7.07. The fourth-order valence-corrected chi connectivity index (χ4v) is 2.77. The maximum absolute atomic E-state index is 3.53. The first kappa shape index (κ1) is 11.1. The molecule has 1 N–H and O–H groups in total. The number of anilines is 1. The maximum Gasteiger partial charge on any atom is 0.0631 e. The molecule has 0 saturated heterocycles. The van der Waals surface area contributed by atoms with E-state index in [1.807, 2.05) is 0 Å². The quantitative estimate of drug-likeness (QED) is 0.857. The monoisotopic (exact) mass is 305 g/mol. The van der Waals surface area contributed by atoms with Crippen molar-refractivity contribution in [2.24, 2.45) is 0 Å². The number of halogens is 2. The zero-order valence-electron chi connectivity index (χ0n) is 7.99. The Morgan fingerprint density at radius 2 is 1.62 bits per heavy atom. The van der Waals surface area contributed by atoms with E-state index in [1.165, 1.54) is 5.56 Å². The molecule has 0 saturated carbocycles. The van der Waals surface area contributed by atoms with Crippen molar-refractivity contribution >= 4 is 37.5 Å². The Kier molecular flexibility index (Phi) is 3.80. The van der Waals surface area contributed by atoms with E-state index in [2.05, 4.69) is 70.1 Å². The summed E-state index contributed by atoms with van der Waals surface area (Å²) in [7, 11) is 0. The molecule has 0 atom stereocenters. The lowest BCUT2D eigenvalue weighted by Gasteiger charge is -2.14. The van der Waals surface area contributed by atoms with Crippen molar-refractivity contribution < 1.29 is 0 Å². The first-order chi connectivity index (χ1) is 6.00. The fraction of sp³-hybridized carbons (Fsp3) is 0.400. The van der Waals surface area contributed by atoms with E-state index in [0.717, 1.165) is 14.6 Å². The van der Waals surface area contributed by atoms with Gasteiger partial charge in [-0.15, -0.1) is 0 Å². The fourth-order valence-electron chi connectivity index (χ4n) is 1.13. The summed E-state index contributed by atoms with van der Waals surface area (Å²) < 4.78 is 2.21. The minimum Gasteiger partial charge on any atom is -0.381 e. The number of aryl methyl sites for hydroxylation is 1. The molecule has 0 bridgehead atoms. The van der Waals surface area contributed by atoms with Crippen LogP contribution in [0.15, 0.2) is 21.1 Å². The summed E-state index contributed by atoms with van der Waals surface area (Å²) in [5, 5.41) is 3.37. The molecule has 0 radical (unpaired) electrons. The van der Waals surface area contributed by atoms with Crippen LogP contribution < -0.4 is 5.32 Å². The second-order valence-electron chi connectivity index (χ2n) is 3.40. The summed E-state index contributed by atoms with van der Waals surface area (Å²) in [6.07, 6.45) is 0. The highest BCUT2D eigenvalue weighted by Crippen LogP contribution is 2.32. The number of hydrogen-bond acceptors (Lipinski definition) is 1. The second kappa shape index (κ2) is 4.47. The lowest BCUT2D eigenvalue weighted by atomic mass is 10.2. The van der Waals surface area contributed by atoms with Gasteiger partial charge in [0, 0.05) is 15.0 Å². The second-order valence-corrected chi connectivity index (χ2v) is 5.11. The third kappa shape index (κ3) is 2.99. The highest BCUT2D eigenvalue weighted by molar-refractivity contribution is 9.11. The van der Waals surface area contributed by atoms with Gasteiger partial charge < -0.3 is 5.32 Å². The number of rotatable bonds is 2. The molecule has 13 heavy (non-hydrogen) atoms. The van der Waals surface area contributed by atoms with Gasteiger partial charge in [-0.1, -0.05) is 0 Å². The van der Waals surface area contributed by atoms with Crippen LogP contribution in [0.5, 0.6) is 0 Å². The molecule has 0 amide bonds. The van der Waals surface area contributed by atoms with Crippen molar-refractivity contribution in [3.8, 4) is 0 Å². The van der Waals surface area contributed by atoms with Crippen molar-refractivity contribution in [1.29, 1.82) is 0 Å². The Morgan fingerprint density at radius 3 is 2.00 bits per heavy atom. The summed E-state index contributed by atoms with van der Waals surface area (Å²) in [6.45, 7) is 6.33. The topological polar surface area (TPSA) is 12.0 Å². The van der Waals surface area contributed by atoms with Gasteiger partial charge in [0.05, 0.1) is 5.69 Å². The predicted octanol–water partition coefficient (Wildman–Crippen LogP) is 4.34. The van der Waals surface area contributed by atoms with Gasteiger partial charge >= 0.3 is 0 Å². The normalized spacial score (nSPS) is 10.6. The van der Waals surface area contributed by atoms with Gasteiger partial charge in [0.15, 0.2) is 0 Å². The lowest BCUT2D eigenvalue weighted by molar-refractivity contribution is 0.897. The van der Waals surface area contributed by atoms with E-state index in [1.54, 1.807) is 0 Å². The summed E-state index contributed by atoms with van der Waals surface area (Å²) in [5.41, 5.74) is 2.37. The summed E-state index contributed by atoms with van der Waals surface area (Å²) in [4.78, 5) is 0. The molecule has 0 aliphatic heterocycles. The lowest BCUT2D eigenvalue weighted by Crippen LogP contribution is -2.10. The van der Waals surface area contributed by atoms with Gasteiger partial charge in [-0.25, -0.2) is 0 Å². The standard InChI is InChI=1S/C10H13Br2N/c1-6(2)13-10-8(11)4-7(3)5-9(10)12/h4-6,13H,1-3H3. The minimum atomic E-state index is 0.440. The van der Waals surface area contributed by atoms with Crippen molar-refractivity contribution in [2.45, 2.75) is 26.8 Å². The van der Waals surface area contributed by atoms with Crippen LogP contribution in [0.4, 0.5) is 5.69 Å². The molecule has 0 aromatic heterocycles. The zero-order valence-corrected chi connectivity index (χ0v) is 11.2. The smallest absolute Gasteiger partial charge is 0.0631 e. The molecule has 72 valence electrons. The molecule has 0 spiro atoms. The Hall–Kier alpha value is -0.0200. The first-order valence-electron chi connectivity index (χ1n) is 4.23. The van der Waals surface area contributed by atoms with E-state index in [0.29, 0.717) is 6.04 Å². The van der Waals surface area contributed by atoms with Crippen LogP contribution >= 0.6 is 31.9 Å². The number of nitrogens with one attached hydrogen (secondary N) is 1. The zero-order chi connectivity index (χ0) is 10.0. The summed E-state index contributed by atoms with van der Waals surface area (Å²) in [6, 6.07) is 4.65. The van der Waals surface area contributed by atoms with E-state index >= 15 is 0 Å². The molecule has 0 fully saturated rings. The first-order valence-corrected chi connectivity index (χ1v) is 5.81. The van der Waals surface area contributed by atoms with Crippen LogP contribution in [-0.4, -0.2) is 6.04 Å². The van der Waals surface area contributed by atoms with Crippen LogP contribution in [0.25, 0.3) is 0 Å². The van der Waals surface area contributed by atoms with E-state index in [9.17, 15) is 0 Å². The third-order valence-electron chi connectivity index (χ3n) is 1.62. The molecule has 0 aliphatic carbocycles. The van der Waals surface area contributed by atoms with Crippen LogP contribution in [0.2, 0.25) is 0 Å². The molecule has 3 heteroatoms. The van der Waals surface area contributed by atoms with Gasteiger partial charge in [0.2, 0.25) is 0 Å². The molecule has 0 heterocycles. The highest BCUT2D eigenvalue weighted by Gasteiger charge is 2.06. The van der Waals surface area contributed by atoms with Crippen LogP contribution in [0.3, 0.4) is 0 Å². The molecule has 1 nitrogen and oxygen atoms in total. The third-order valence-corrected chi connectivity index (χ3v) is 2.87. The molecule has 0 unspecified atom stereocenters. The van der Waals surface area contributed by atoms with Crippen LogP contribution in [0, 0.1) is 6.92 Å². The van der Waals surface area contributed by atoms with Gasteiger partial charge in [0.25, 0.3) is 0 Å². The van der Waals surface area contributed by atoms with Gasteiger partial charge in [-0.3, -0.25) is 0 Å². The van der Waals surface area contributed by atoms with Crippen LogP contribution in [-0.2, 0) is 0 Å². The molecular formula is C10H13Br2N. The van der Waals surface area contributed by atoms with Crippen molar-refractivity contribution in [2.75, 3.05) is 5.32 Å². The van der Waals surface area contributed by atoms with Gasteiger partial charge in [-0.05, 0) is 70.3 Å². The van der Waals surface area contributed by atoms with E-state index in [-0.39, 0.29) is 0 Å². The maximum atomic E-state index is 3.53. The average molecular weight is 307 g/mol. The molecule has 1 aromatic carbocycles. The largest absolute Gasteiger partial charge is 0.381 e. The van der Waals surface area contributed by atoms with Gasteiger partial charge in [-0.2, -0.15) is 0 Å². The average Bonchev–Trinajstić information content (AvgIpc) is 1.96. The molecule has 1 aromatic rings.